The number of carbonyl (C=O) groups is 1. The summed E-state index contributed by atoms with van der Waals surface area (Å²) in [6, 6.07) is 4.16. The van der Waals surface area contributed by atoms with Crippen LogP contribution in [-0.4, -0.2) is 21.4 Å². The Morgan fingerprint density at radius 2 is 1.93 bits per heavy atom. The fourth-order valence-corrected chi connectivity index (χ4v) is 5.75. The van der Waals surface area contributed by atoms with E-state index in [1.165, 1.54) is 28.7 Å². The largest absolute Gasteiger partial charge is 0.360 e. The lowest BCUT2D eigenvalue weighted by molar-refractivity contribution is -0.138. The Kier molecular flexibility index (Phi) is 5.54. The summed E-state index contributed by atoms with van der Waals surface area (Å²) in [5, 5.41) is 1.21. The first-order valence-corrected chi connectivity index (χ1v) is 11.5. The van der Waals surface area contributed by atoms with Crippen LogP contribution in [0.15, 0.2) is 18.3 Å². The molecule has 0 aromatic carbocycles. The van der Waals surface area contributed by atoms with Crippen LogP contribution in [0.3, 0.4) is 0 Å². The molecule has 1 unspecified atom stereocenters. The second-order valence-electron chi connectivity index (χ2n) is 9.28. The highest BCUT2D eigenvalue weighted by Crippen LogP contribution is 2.45. The Morgan fingerprint density at radius 1 is 1.20 bits per heavy atom. The maximum Gasteiger partial charge on any atom is 0.163 e. The van der Waals surface area contributed by atoms with Crippen LogP contribution in [0.2, 0.25) is 0 Å². The summed E-state index contributed by atoms with van der Waals surface area (Å²) in [7, 11) is 0. The third-order valence-electron chi connectivity index (χ3n) is 5.62. The van der Waals surface area contributed by atoms with Gasteiger partial charge in [0.15, 0.2) is 5.78 Å². The van der Waals surface area contributed by atoms with Gasteiger partial charge in [-0.3, -0.25) is 9.78 Å². The summed E-state index contributed by atoms with van der Waals surface area (Å²) in [4.78, 5) is 24.7. The van der Waals surface area contributed by atoms with Gasteiger partial charge in [0, 0.05) is 39.0 Å². The van der Waals surface area contributed by atoms with Crippen molar-refractivity contribution in [2.45, 2.75) is 78.9 Å². The number of ketones is 1. The third-order valence-corrected chi connectivity index (χ3v) is 6.80. The van der Waals surface area contributed by atoms with Crippen molar-refractivity contribution in [1.29, 1.82) is 0 Å². The summed E-state index contributed by atoms with van der Waals surface area (Å²) in [6.07, 6.45) is 5.83. The number of fused-ring (bicyclic) bond motifs is 3. The Balaban J connectivity index is 2.10. The minimum Gasteiger partial charge on any atom is -0.360 e. The van der Waals surface area contributed by atoms with E-state index in [-0.39, 0.29) is 5.78 Å². The number of pyridine rings is 2. The van der Waals surface area contributed by atoms with E-state index in [2.05, 4.69) is 11.1 Å². The Hall–Kier alpha value is -2.11. The Bertz CT molecular complexity index is 1120. The van der Waals surface area contributed by atoms with Gasteiger partial charge >= 0.3 is 0 Å². The lowest BCUT2D eigenvalue weighted by Crippen LogP contribution is -2.27. The summed E-state index contributed by atoms with van der Waals surface area (Å²) < 4.78 is 6.33. The first-order chi connectivity index (χ1) is 14.2. The highest BCUT2D eigenvalue weighted by molar-refractivity contribution is 7.19. The van der Waals surface area contributed by atoms with Gasteiger partial charge in [0.25, 0.3) is 0 Å². The zero-order valence-electron chi connectivity index (χ0n) is 18.8. The highest BCUT2D eigenvalue weighted by atomic mass is 32.1. The van der Waals surface area contributed by atoms with Gasteiger partial charge in [-0.1, -0.05) is 0 Å². The van der Waals surface area contributed by atoms with Crippen LogP contribution in [0.1, 0.15) is 74.0 Å². The van der Waals surface area contributed by atoms with E-state index < -0.39 is 11.7 Å². The second kappa shape index (κ2) is 7.86. The second-order valence-corrected chi connectivity index (χ2v) is 10.4. The number of carbonyl (C=O) groups excluding carboxylic acids is 1. The minimum atomic E-state index is -0.649. The van der Waals surface area contributed by atoms with Gasteiger partial charge in [-0.2, -0.15) is 0 Å². The molecule has 0 aliphatic heterocycles. The molecule has 0 spiro atoms. The maximum absolute atomic E-state index is 12.8. The van der Waals surface area contributed by atoms with E-state index in [9.17, 15) is 4.79 Å². The molecular weight excluding hydrogens is 392 g/mol. The Labute approximate surface area is 182 Å². The standard InChI is InChI=1S/C25H30N2O2S/c1-14-13-17(11-12-26-14)21-20(23(16(3)28)29-25(4,5)6)15(2)27-24-22(21)18-9-7-8-10-19(18)30-24/h11-13,23H,7-10H2,1-6H3. The SMILES string of the molecule is CC(=O)C(OC(C)(C)C)c1c(C)nc2sc3c(c2c1-c1ccnc(C)c1)CCCC3. The smallest absolute Gasteiger partial charge is 0.163 e. The van der Waals surface area contributed by atoms with Crippen LogP contribution in [0.4, 0.5) is 0 Å². The number of aromatic nitrogens is 2. The number of hydrogen-bond donors (Lipinski definition) is 0. The van der Waals surface area contributed by atoms with Gasteiger partial charge in [0.1, 0.15) is 10.9 Å². The lowest BCUT2D eigenvalue weighted by Gasteiger charge is -2.29. The molecule has 0 N–H and O–H groups in total. The van der Waals surface area contributed by atoms with Gasteiger partial charge in [0.05, 0.1) is 5.60 Å². The van der Waals surface area contributed by atoms with Crippen molar-refractivity contribution in [3.8, 4) is 11.1 Å². The first kappa shape index (κ1) is 21.1. The average Bonchev–Trinajstić information content (AvgIpc) is 3.02. The van der Waals surface area contributed by atoms with Gasteiger partial charge in [0.2, 0.25) is 0 Å². The molecule has 0 saturated carbocycles. The predicted octanol–water partition coefficient (Wildman–Crippen LogP) is 6.30. The van der Waals surface area contributed by atoms with E-state index in [1.807, 2.05) is 58.2 Å². The third kappa shape index (κ3) is 3.93. The van der Waals surface area contributed by atoms with Crippen LogP contribution in [0.5, 0.6) is 0 Å². The molecule has 4 rings (SSSR count). The summed E-state index contributed by atoms with van der Waals surface area (Å²) >= 11 is 1.82. The normalized spacial score (nSPS) is 15.3. The fraction of sp³-hybridized carbons (Fsp3) is 0.480. The van der Waals surface area contributed by atoms with Crippen LogP contribution < -0.4 is 0 Å². The fourth-order valence-electron chi connectivity index (χ4n) is 4.44. The molecule has 0 amide bonds. The maximum atomic E-state index is 12.8. The van der Waals surface area contributed by atoms with Crippen molar-refractivity contribution < 1.29 is 9.53 Å². The van der Waals surface area contributed by atoms with Crippen molar-refractivity contribution in [1.82, 2.24) is 9.97 Å². The number of ether oxygens (including phenoxy) is 1. The zero-order valence-corrected chi connectivity index (χ0v) is 19.6. The van der Waals surface area contributed by atoms with Crippen LogP contribution in [-0.2, 0) is 22.4 Å². The predicted molar refractivity (Wildman–Crippen MR) is 123 cm³/mol. The van der Waals surface area contributed by atoms with Crippen molar-refractivity contribution in [2.75, 3.05) is 0 Å². The van der Waals surface area contributed by atoms with Crippen LogP contribution >= 0.6 is 11.3 Å². The summed E-state index contributed by atoms with van der Waals surface area (Å²) in [5.74, 6) is 0.00491. The summed E-state index contributed by atoms with van der Waals surface area (Å²) in [5.41, 5.74) is 5.89. The van der Waals surface area contributed by atoms with Crippen molar-refractivity contribution in [3.63, 3.8) is 0 Å². The number of rotatable bonds is 4. The number of aryl methyl sites for hydroxylation is 4. The van der Waals surface area contributed by atoms with Crippen LogP contribution in [0, 0.1) is 13.8 Å². The zero-order chi connectivity index (χ0) is 21.6. The number of Topliss-reactive ketones (excluding diaryl/α,β-unsaturated/α-hetero) is 1. The molecule has 3 aromatic heterocycles. The van der Waals surface area contributed by atoms with Crippen molar-refractivity contribution in [3.05, 3.63) is 45.7 Å². The average molecular weight is 423 g/mol. The van der Waals surface area contributed by atoms with Crippen molar-refractivity contribution in [2.24, 2.45) is 0 Å². The van der Waals surface area contributed by atoms with Gasteiger partial charge in [-0.15, -0.1) is 11.3 Å². The molecule has 4 nitrogen and oxygen atoms in total. The summed E-state index contributed by atoms with van der Waals surface area (Å²) in [6.45, 7) is 11.6. The number of thiophene rings is 1. The molecule has 0 fully saturated rings. The van der Waals surface area contributed by atoms with E-state index in [0.717, 1.165) is 45.8 Å². The van der Waals surface area contributed by atoms with Gasteiger partial charge in [-0.25, -0.2) is 4.98 Å². The highest BCUT2D eigenvalue weighted by Gasteiger charge is 2.32. The molecule has 1 aliphatic carbocycles. The van der Waals surface area contributed by atoms with Gasteiger partial charge < -0.3 is 4.74 Å². The molecular formula is C25H30N2O2S. The molecule has 3 heterocycles. The molecule has 5 heteroatoms. The lowest BCUT2D eigenvalue weighted by atomic mass is 9.87. The molecule has 0 bridgehead atoms. The van der Waals surface area contributed by atoms with Crippen molar-refractivity contribution >= 4 is 27.3 Å². The quantitative estimate of drug-likeness (QED) is 0.495. The van der Waals surface area contributed by atoms with Crippen LogP contribution in [0.25, 0.3) is 21.3 Å². The minimum absolute atomic E-state index is 0.00491. The molecule has 1 aliphatic rings. The topological polar surface area (TPSA) is 52.1 Å². The Morgan fingerprint density at radius 3 is 2.60 bits per heavy atom. The van der Waals surface area contributed by atoms with E-state index >= 15 is 0 Å². The van der Waals surface area contributed by atoms with E-state index in [1.54, 1.807) is 6.92 Å². The monoisotopic (exact) mass is 422 g/mol. The number of nitrogens with zero attached hydrogens (tertiary/aromatic N) is 2. The molecule has 3 aromatic rings. The molecule has 0 radical (unpaired) electrons. The molecule has 30 heavy (non-hydrogen) atoms. The molecule has 158 valence electrons. The first-order valence-electron chi connectivity index (χ1n) is 10.7. The number of hydrogen-bond acceptors (Lipinski definition) is 5. The van der Waals surface area contributed by atoms with E-state index in [4.69, 9.17) is 9.72 Å². The molecule has 0 saturated heterocycles. The van der Waals surface area contributed by atoms with Gasteiger partial charge in [-0.05, 0) is 90.5 Å². The van der Waals surface area contributed by atoms with E-state index in [0.29, 0.717) is 0 Å². The molecule has 1 atom stereocenters.